The van der Waals surface area contributed by atoms with E-state index in [1.807, 2.05) is 13.0 Å². The third-order valence-electron chi connectivity index (χ3n) is 22.8. The summed E-state index contributed by atoms with van der Waals surface area (Å²) in [7, 11) is -3.51. The fourth-order valence-corrected chi connectivity index (χ4v) is 20.5. The van der Waals surface area contributed by atoms with Crippen molar-refractivity contribution in [3.8, 4) is 0 Å². The van der Waals surface area contributed by atoms with E-state index in [1.165, 1.54) is 77.0 Å². The highest BCUT2D eigenvalue weighted by molar-refractivity contribution is 7.92. The Morgan fingerprint density at radius 2 is 1.07 bits per heavy atom. The molecule has 4 N–H and O–H groups in total. The van der Waals surface area contributed by atoms with Crippen LogP contribution in [0.4, 0.5) is 0 Å². The van der Waals surface area contributed by atoms with Gasteiger partial charge in [-0.3, -0.25) is 0 Å². The van der Waals surface area contributed by atoms with Gasteiger partial charge in [0.1, 0.15) is 0 Å². The van der Waals surface area contributed by atoms with E-state index in [1.54, 1.807) is 35.4 Å². The van der Waals surface area contributed by atoms with Gasteiger partial charge in [0.2, 0.25) is 0 Å². The summed E-state index contributed by atoms with van der Waals surface area (Å²) in [6.45, 7) is 18.3. The average Bonchev–Trinajstić information content (AvgIpc) is 3.90. The van der Waals surface area contributed by atoms with E-state index in [0.29, 0.717) is 53.2 Å². The molecule has 406 valence electrons. The lowest BCUT2D eigenvalue weighted by atomic mass is 9.50. The van der Waals surface area contributed by atoms with E-state index in [4.69, 9.17) is 0 Å². The van der Waals surface area contributed by atoms with Crippen LogP contribution in [0.15, 0.2) is 58.5 Å². The molecule has 1 aromatic rings. The monoisotopic (exact) mass is 1000 g/mol. The summed E-state index contributed by atoms with van der Waals surface area (Å²) in [6.07, 6.45) is 31.3. The molecule has 8 aliphatic carbocycles. The van der Waals surface area contributed by atoms with Crippen LogP contribution in [0.3, 0.4) is 0 Å². The summed E-state index contributed by atoms with van der Waals surface area (Å²) >= 11 is 0. The molecular weight excluding hydrogens is 897 g/mol. The highest BCUT2D eigenvalue weighted by Gasteiger charge is 2.59. The molecular formula is C64H108O6S. The Hall–Kier alpha value is -1.51. The van der Waals surface area contributed by atoms with Crippen LogP contribution in [-0.2, 0) is 9.84 Å². The summed E-state index contributed by atoms with van der Waals surface area (Å²) in [4.78, 5) is 0.383. The normalized spacial score (nSPS) is 40.3. The number of fused-ring (bicyclic) bond motifs is 10. The second kappa shape index (κ2) is 23.8. The molecule has 0 aromatic heterocycles. The molecule has 6 fully saturated rings. The van der Waals surface area contributed by atoms with Gasteiger partial charge in [0.05, 0.1) is 33.6 Å². The van der Waals surface area contributed by atoms with Crippen LogP contribution in [0, 0.1) is 81.8 Å². The van der Waals surface area contributed by atoms with Crippen molar-refractivity contribution in [1.82, 2.24) is 0 Å². The number of rotatable bonds is 16. The van der Waals surface area contributed by atoms with Gasteiger partial charge in [-0.05, 0) is 242 Å². The van der Waals surface area contributed by atoms with Gasteiger partial charge in [0.25, 0.3) is 0 Å². The van der Waals surface area contributed by atoms with Crippen LogP contribution in [0.5, 0.6) is 0 Å². The van der Waals surface area contributed by atoms with Gasteiger partial charge in [0.15, 0.2) is 9.84 Å². The Kier molecular flexibility index (Phi) is 19.7. The Labute approximate surface area is 436 Å². The zero-order chi connectivity index (χ0) is 49.5. The van der Waals surface area contributed by atoms with E-state index in [2.05, 4.69) is 60.6 Å². The first-order valence-corrected chi connectivity index (χ1v) is 30.9. The Morgan fingerprint density at radius 3 is 1.54 bits per heavy atom. The molecule has 6 nitrogen and oxygen atoms in total. The van der Waals surface area contributed by atoms with Crippen LogP contribution in [0.2, 0.25) is 0 Å². The number of benzene rings is 1. The largest absolute Gasteiger partial charge is 0.393 e. The summed E-state index contributed by atoms with van der Waals surface area (Å²) in [6, 6.07) is 8.86. The van der Waals surface area contributed by atoms with Crippen LogP contribution >= 0.6 is 0 Å². The van der Waals surface area contributed by atoms with E-state index in [-0.39, 0.29) is 26.4 Å². The highest BCUT2D eigenvalue weighted by atomic mass is 32.2. The molecule has 0 spiro atoms. The standard InChI is InChI=1S/C34H52O4S.C28H48O2.2CH4/c1-5-25(35)21-27(39(37,38)26-10-8-7-9-11-26)20-23(3)31-14-15-32-30-13-12-24-22-34(36,6-2)19-17-28(24)29(30)16-18-33(31,32)4;1-5-21(29)9-7-8-19(3)25-12-13-26-24-11-10-20-18-28(30,6-2)17-15-22(20)23(24)14-16-27(25,26)4;;/h7-12,23,25,27-32,35-36H,5-6,13-22H2,1-4H3;10,19,21-26,29-30H,5-9,11-18H2,1-4H3;2*1H4/t23-,25?,27?,28+,29-,30-,31-,32+,33-,34+;19-,21?,22+,23-,24-,25-,26+,27-,28+;;/m11../s1. The van der Waals surface area contributed by atoms with Gasteiger partial charge in [-0.25, -0.2) is 8.42 Å². The van der Waals surface area contributed by atoms with Gasteiger partial charge < -0.3 is 20.4 Å². The maximum atomic E-state index is 13.8. The van der Waals surface area contributed by atoms with E-state index >= 15 is 0 Å². The molecule has 8 aliphatic rings. The molecule has 19 atom stereocenters. The molecule has 7 heteroatoms. The molecule has 0 amide bonds. The summed E-state index contributed by atoms with van der Waals surface area (Å²) in [5.74, 6) is 8.81. The first kappa shape index (κ1) is 58.7. The van der Waals surface area contributed by atoms with E-state index in [9.17, 15) is 28.8 Å². The molecule has 6 saturated carbocycles. The summed E-state index contributed by atoms with van der Waals surface area (Å²) < 4.78 is 27.5. The topological polar surface area (TPSA) is 115 Å². The number of allylic oxidation sites excluding steroid dienone is 2. The minimum atomic E-state index is -3.51. The van der Waals surface area contributed by atoms with E-state index < -0.39 is 32.4 Å². The van der Waals surface area contributed by atoms with Crippen molar-refractivity contribution >= 4 is 9.84 Å². The van der Waals surface area contributed by atoms with Crippen molar-refractivity contribution in [1.29, 1.82) is 0 Å². The third-order valence-corrected chi connectivity index (χ3v) is 25.0. The number of hydrogen-bond donors (Lipinski definition) is 4. The predicted octanol–water partition coefficient (Wildman–Crippen LogP) is 15.5. The molecule has 9 rings (SSSR count). The van der Waals surface area contributed by atoms with Crippen LogP contribution in [0.25, 0.3) is 0 Å². The van der Waals surface area contributed by atoms with Crippen molar-refractivity contribution < 1.29 is 28.8 Å². The zero-order valence-corrected chi connectivity index (χ0v) is 45.7. The molecule has 0 saturated heterocycles. The fourth-order valence-electron chi connectivity index (χ4n) is 18.6. The van der Waals surface area contributed by atoms with E-state index in [0.717, 1.165) is 112 Å². The highest BCUT2D eigenvalue weighted by Crippen LogP contribution is 2.67. The lowest BCUT2D eigenvalue weighted by molar-refractivity contribution is -0.0461. The second-order valence-corrected chi connectivity index (χ2v) is 28.3. The average molecular weight is 1010 g/mol. The minimum absolute atomic E-state index is 0. The Morgan fingerprint density at radius 1 is 0.592 bits per heavy atom. The third kappa shape index (κ3) is 11.8. The zero-order valence-electron chi connectivity index (χ0n) is 44.9. The first-order valence-electron chi connectivity index (χ1n) is 29.3. The lowest BCUT2D eigenvalue weighted by Crippen LogP contribution is -2.48. The van der Waals surface area contributed by atoms with Crippen LogP contribution in [-0.4, -0.2) is 57.5 Å². The van der Waals surface area contributed by atoms with Gasteiger partial charge >= 0.3 is 0 Å². The maximum Gasteiger partial charge on any atom is 0.181 e. The SMILES string of the molecule is C.C.CCC(O)CC(C[C@@H](C)[C@H]1CC[C@H]2[C@@H]3CC=C4C[C@](O)(CC)CC[C@@H]4[C@H]3CC[C@]12C)S(=O)(=O)c1ccccc1.CCC(O)CCC[C@@H](C)[C@H]1CC[C@H]2[C@@H]3CC=C4C[C@](O)(CC)CC[C@@H]4[C@H]3CC[C@]12C. The second-order valence-electron chi connectivity index (χ2n) is 26.1. The number of sulfone groups is 1. The molecule has 0 aliphatic heterocycles. The quantitative estimate of drug-likeness (QED) is 0.123. The van der Waals surface area contributed by atoms with Crippen molar-refractivity contribution in [2.75, 3.05) is 0 Å². The number of hydrogen-bond acceptors (Lipinski definition) is 6. The predicted molar refractivity (Wildman–Crippen MR) is 297 cm³/mol. The minimum Gasteiger partial charge on any atom is -0.393 e. The van der Waals surface area contributed by atoms with Crippen molar-refractivity contribution in [2.45, 2.75) is 264 Å². The molecule has 0 heterocycles. The molecule has 0 radical (unpaired) electrons. The molecule has 0 bridgehead atoms. The fraction of sp³-hybridized carbons (Fsp3) is 0.844. The van der Waals surface area contributed by atoms with Crippen LogP contribution < -0.4 is 0 Å². The molecule has 3 unspecified atom stereocenters. The molecule has 71 heavy (non-hydrogen) atoms. The van der Waals surface area contributed by atoms with Gasteiger partial charge in [0, 0.05) is 0 Å². The first-order chi connectivity index (χ1) is 32.8. The lowest BCUT2D eigenvalue weighted by Gasteiger charge is -2.55. The van der Waals surface area contributed by atoms with Crippen molar-refractivity contribution in [3.63, 3.8) is 0 Å². The van der Waals surface area contributed by atoms with Crippen molar-refractivity contribution in [3.05, 3.63) is 53.6 Å². The summed E-state index contributed by atoms with van der Waals surface area (Å²) in [5.41, 5.74) is 3.05. The number of aliphatic hydroxyl groups is 4. The van der Waals surface area contributed by atoms with Gasteiger partial charge in [-0.2, -0.15) is 0 Å². The van der Waals surface area contributed by atoms with Crippen LogP contribution in [0.1, 0.15) is 231 Å². The van der Waals surface area contributed by atoms with Gasteiger partial charge in [-0.1, -0.05) is 125 Å². The Bertz CT molecular complexity index is 2030. The summed E-state index contributed by atoms with van der Waals surface area (Å²) in [5, 5.41) is 41.8. The maximum absolute atomic E-state index is 13.8. The molecule has 1 aromatic carbocycles. The smallest absolute Gasteiger partial charge is 0.181 e. The van der Waals surface area contributed by atoms with Gasteiger partial charge in [-0.15, -0.1) is 0 Å². The Balaban J connectivity index is 0.000000233. The van der Waals surface area contributed by atoms with Crippen molar-refractivity contribution in [2.24, 2.45) is 81.8 Å². The number of aliphatic hydroxyl groups excluding tert-OH is 2.